The zero-order valence-electron chi connectivity index (χ0n) is 13.9. The van der Waals surface area contributed by atoms with Crippen molar-refractivity contribution in [1.29, 1.82) is 0 Å². The molecular formula is C17H21F3N4O. The molecule has 0 aliphatic carbocycles. The summed E-state index contributed by atoms with van der Waals surface area (Å²) in [4.78, 5) is 4.13. The number of ether oxygens (including phenoxy) is 1. The summed E-state index contributed by atoms with van der Waals surface area (Å²) >= 11 is 0. The molecule has 1 aromatic carbocycles. The van der Waals surface area contributed by atoms with E-state index in [-0.39, 0.29) is 5.75 Å². The van der Waals surface area contributed by atoms with E-state index in [0.717, 1.165) is 18.7 Å². The maximum Gasteiger partial charge on any atom is 0.573 e. The quantitative estimate of drug-likeness (QED) is 0.594. The van der Waals surface area contributed by atoms with Crippen LogP contribution in [0.1, 0.15) is 5.56 Å². The Morgan fingerprint density at radius 1 is 1.08 bits per heavy atom. The Labute approximate surface area is 144 Å². The average molecular weight is 354 g/mol. The molecule has 0 aliphatic heterocycles. The van der Waals surface area contributed by atoms with Crippen LogP contribution in [0.25, 0.3) is 0 Å². The topological polar surface area (TPSA) is 50.6 Å². The molecule has 1 aromatic heterocycles. The van der Waals surface area contributed by atoms with Crippen molar-refractivity contribution >= 4 is 5.96 Å². The van der Waals surface area contributed by atoms with Crippen LogP contribution in [0.4, 0.5) is 13.2 Å². The van der Waals surface area contributed by atoms with E-state index in [4.69, 9.17) is 0 Å². The van der Waals surface area contributed by atoms with Crippen molar-refractivity contribution in [2.75, 3.05) is 20.1 Å². The highest BCUT2D eigenvalue weighted by Gasteiger charge is 2.30. The number of guanidine groups is 1. The van der Waals surface area contributed by atoms with Gasteiger partial charge in [0, 0.05) is 39.1 Å². The highest BCUT2D eigenvalue weighted by molar-refractivity contribution is 5.79. The number of halogens is 3. The van der Waals surface area contributed by atoms with Crippen LogP contribution in [-0.2, 0) is 13.0 Å². The van der Waals surface area contributed by atoms with Crippen LogP contribution >= 0.6 is 0 Å². The molecule has 2 aromatic rings. The molecule has 0 saturated carbocycles. The molecule has 0 amide bonds. The summed E-state index contributed by atoms with van der Waals surface area (Å²) in [6, 6.07) is 9.80. The zero-order chi connectivity index (χ0) is 18.1. The molecule has 2 N–H and O–H groups in total. The first-order valence-electron chi connectivity index (χ1n) is 7.86. The molecular weight excluding hydrogens is 333 g/mol. The van der Waals surface area contributed by atoms with Gasteiger partial charge in [-0.15, -0.1) is 13.2 Å². The van der Waals surface area contributed by atoms with E-state index in [1.165, 1.54) is 12.1 Å². The Bertz CT molecular complexity index is 652. The monoisotopic (exact) mass is 354 g/mol. The van der Waals surface area contributed by atoms with Crippen LogP contribution in [0, 0.1) is 0 Å². The highest BCUT2D eigenvalue weighted by Crippen LogP contribution is 2.22. The summed E-state index contributed by atoms with van der Waals surface area (Å²) in [6.45, 7) is 2.18. The first kappa shape index (κ1) is 18.7. The van der Waals surface area contributed by atoms with Gasteiger partial charge in [-0.3, -0.25) is 4.99 Å². The molecule has 0 atom stereocenters. The minimum absolute atomic E-state index is 0.216. The molecule has 25 heavy (non-hydrogen) atoms. The van der Waals surface area contributed by atoms with Gasteiger partial charge in [0.2, 0.25) is 0 Å². The van der Waals surface area contributed by atoms with Crippen molar-refractivity contribution in [2.24, 2.45) is 4.99 Å². The van der Waals surface area contributed by atoms with Crippen molar-refractivity contribution in [1.82, 2.24) is 15.2 Å². The van der Waals surface area contributed by atoms with Crippen LogP contribution in [-0.4, -0.2) is 37.0 Å². The Morgan fingerprint density at radius 2 is 1.72 bits per heavy atom. The second-order valence-corrected chi connectivity index (χ2v) is 5.29. The summed E-state index contributed by atoms with van der Waals surface area (Å²) in [6.07, 6.45) is -0.0272. The third-order valence-electron chi connectivity index (χ3n) is 3.42. The lowest BCUT2D eigenvalue weighted by Gasteiger charge is -2.13. The number of nitrogens with zero attached hydrogens (tertiary/aromatic N) is 2. The average Bonchev–Trinajstić information content (AvgIpc) is 3.07. The molecule has 0 spiro atoms. The highest BCUT2D eigenvalue weighted by atomic mass is 19.4. The van der Waals surface area contributed by atoms with Crippen molar-refractivity contribution in [2.45, 2.75) is 19.3 Å². The SMILES string of the molecule is CN=C(NCCc1ccc(OC(F)(F)F)cc1)NCCn1cccc1. The number of nitrogens with one attached hydrogen (secondary N) is 2. The summed E-state index contributed by atoms with van der Waals surface area (Å²) in [5.41, 5.74) is 0.907. The lowest BCUT2D eigenvalue weighted by atomic mass is 10.1. The van der Waals surface area contributed by atoms with Gasteiger partial charge in [0.1, 0.15) is 5.75 Å². The molecule has 0 aliphatic rings. The van der Waals surface area contributed by atoms with Crippen LogP contribution in [0.15, 0.2) is 53.8 Å². The summed E-state index contributed by atoms with van der Waals surface area (Å²) in [7, 11) is 1.69. The summed E-state index contributed by atoms with van der Waals surface area (Å²) < 4.78 is 42.2. The van der Waals surface area contributed by atoms with Crippen molar-refractivity contribution in [3.63, 3.8) is 0 Å². The molecule has 0 bridgehead atoms. The van der Waals surface area contributed by atoms with E-state index < -0.39 is 6.36 Å². The molecule has 0 unspecified atom stereocenters. The minimum atomic E-state index is -4.66. The summed E-state index contributed by atoms with van der Waals surface area (Å²) in [5.74, 6) is 0.468. The van der Waals surface area contributed by atoms with Gasteiger partial charge < -0.3 is 19.9 Å². The Kier molecular flexibility index (Phi) is 6.73. The normalized spacial score (nSPS) is 12.1. The standard InChI is InChI=1S/C17H21F3N4O/c1-21-16(23-10-13-24-11-2-3-12-24)22-9-8-14-4-6-15(7-5-14)25-17(18,19)20/h2-7,11-12H,8-10,13H2,1H3,(H2,21,22,23). The maximum absolute atomic E-state index is 12.1. The van der Waals surface area contributed by atoms with E-state index in [1.807, 2.05) is 24.5 Å². The van der Waals surface area contributed by atoms with Crippen LogP contribution < -0.4 is 15.4 Å². The van der Waals surface area contributed by atoms with Crippen LogP contribution in [0.2, 0.25) is 0 Å². The number of aliphatic imine (C=N–C) groups is 1. The number of hydrogen-bond donors (Lipinski definition) is 2. The second-order valence-electron chi connectivity index (χ2n) is 5.29. The number of rotatable bonds is 7. The minimum Gasteiger partial charge on any atom is -0.406 e. The third kappa shape index (κ3) is 7.19. The molecule has 136 valence electrons. The number of hydrogen-bond acceptors (Lipinski definition) is 2. The van der Waals surface area contributed by atoms with Gasteiger partial charge >= 0.3 is 6.36 Å². The van der Waals surface area contributed by atoms with E-state index in [2.05, 4.69) is 24.9 Å². The number of benzene rings is 1. The van der Waals surface area contributed by atoms with Gasteiger partial charge in [0.05, 0.1) is 0 Å². The van der Waals surface area contributed by atoms with Gasteiger partial charge in [0.25, 0.3) is 0 Å². The Morgan fingerprint density at radius 3 is 2.32 bits per heavy atom. The fourth-order valence-electron chi connectivity index (χ4n) is 2.23. The fourth-order valence-corrected chi connectivity index (χ4v) is 2.23. The molecule has 5 nitrogen and oxygen atoms in total. The van der Waals surface area contributed by atoms with Crippen LogP contribution in [0.3, 0.4) is 0 Å². The summed E-state index contributed by atoms with van der Waals surface area (Å²) in [5, 5.41) is 6.37. The first-order chi connectivity index (χ1) is 12.0. The first-order valence-corrected chi connectivity index (χ1v) is 7.86. The molecule has 0 saturated heterocycles. The molecule has 2 rings (SSSR count). The van der Waals surface area contributed by atoms with Gasteiger partial charge in [-0.1, -0.05) is 12.1 Å². The Balaban J connectivity index is 1.69. The van der Waals surface area contributed by atoms with Crippen molar-refractivity contribution in [3.8, 4) is 5.75 Å². The van der Waals surface area contributed by atoms with E-state index in [1.54, 1.807) is 19.2 Å². The van der Waals surface area contributed by atoms with E-state index in [9.17, 15) is 13.2 Å². The smallest absolute Gasteiger partial charge is 0.406 e. The molecule has 1 heterocycles. The predicted molar refractivity (Wildman–Crippen MR) is 90.6 cm³/mol. The van der Waals surface area contributed by atoms with E-state index >= 15 is 0 Å². The van der Waals surface area contributed by atoms with Crippen molar-refractivity contribution in [3.05, 3.63) is 54.4 Å². The number of alkyl halides is 3. The lowest BCUT2D eigenvalue weighted by molar-refractivity contribution is -0.274. The third-order valence-corrected chi connectivity index (χ3v) is 3.42. The second kappa shape index (κ2) is 9.00. The van der Waals surface area contributed by atoms with Gasteiger partial charge in [-0.05, 0) is 36.2 Å². The van der Waals surface area contributed by atoms with Gasteiger partial charge in [-0.2, -0.15) is 0 Å². The Hall–Kier alpha value is -2.64. The molecule has 0 fully saturated rings. The largest absolute Gasteiger partial charge is 0.573 e. The fraction of sp³-hybridized carbons (Fsp3) is 0.353. The number of aromatic nitrogens is 1. The van der Waals surface area contributed by atoms with Crippen molar-refractivity contribution < 1.29 is 17.9 Å². The van der Waals surface area contributed by atoms with E-state index in [0.29, 0.717) is 18.9 Å². The zero-order valence-corrected chi connectivity index (χ0v) is 13.9. The molecule has 0 radical (unpaired) electrons. The van der Waals surface area contributed by atoms with Gasteiger partial charge in [-0.25, -0.2) is 0 Å². The molecule has 8 heteroatoms. The lowest BCUT2D eigenvalue weighted by Crippen LogP contribution is -2.39. The maximum atomic E-state index is 12.1. The van der Waals surface area contributed by atoms with Crippen LogP contribution in [0.5, 0.6) is 5.75 Å². The van der Waals surface area contributed by atoms with Gasteiger partial charge in [0.15, 0.2) is 5.96 Å². The predicted octanol–water partition coefficient (Wildman–Crippen LogP) is 2.79.